The van der Waals surface area contributed by atoms with Gasteiger partial charge in [0.15, 0.2) is 8.32 Å². The van der Waals surface area contributed by atoms with E-state index in [4.69, 9.17) is 18.2 Å². The van der Waals surface area contributed by atoms with E-state index in [1.165, 1.54) is 0 Å². The molecule has 0 bridgehead atoms. The highest BCUT2D eigenvalue weighted by molar-refractivity contribution is 7.47. The second-order valence-corrected chi connectivity index (χ2v) is 20.7. The van der Waals surface area contributed by atoms with Crippen molar-refractivity contribution < 1.29 is 36.9 Å². The Morgan fingerprint density at radius 3 is 1.71 bits per heavy atom. The number of quaternary nitrogens is 1. The summed E-state index contributed by atoms with van der Waals surface area (Å²) in [6.45, 7) is 13.0. The Balaban J connectivity index is 4.36. The van der Waals surface area contributed by atoms with Crippen molar-refractivity contribution in [1.82, 2.24) is 0 Å². The number of phosphoric acid groups is 1. The van der Waals surface area contributed by atoms with E-state index in [2.05, 4.69) is 114 Å². The monoisotopic (exact) mass is 710 g/mol. The van der Waals surface area contributed by atoms with Crippen LogP contribution in [0.15, 0.2) is 72.9 Å². The first-order chi connectivity index (χ1) is 22.5. The summed E-state index contributed by atoms with van der Waals surface area (Å²) in [5.74, 6) is -0.312. The van der Waals surface area contributed by atoms with E-state index in [1.807, 2.05) is 21.1 Å². The molecule has 0 saturated carbocycles. The zero-order chi connectivity index (χ0) is 36.4. The van der Waals surface area contributed by atoms with Crippen LogP contribution in [0.5, 0.6) is 0 Å². The molecular weight excluding hydrogens is 641 g/mol. The van der Waals surface area contributed by atoms with Crippen LogP contribution in [0.3, 0.4) is 0 Å². The number of carbonyl (C=O) groups excluding carboxylic acids is 1. The van der Waals surface area contributed by atoms with Crippen LogP contribution < -0.4 is 0 Å². The molecule has 0 rings (SSSR count). The number of likely N-dealkylation sites (N-methyl/N-ethyl adjacent to an activating group) is 1. The molecule has 1 N–H and O–H groups in total. The highest BCUT2D eigenvalue weighted by atomic mass is 31.2. The molecule has 0 aromatic carbocycles. The van der Waals surface area contributed by atoms with Crippen LogP contribution in [-0.4, -0.2) is 77.3 Å². The zero-order valence-electron chi connectivity index (χ0n) is 31.7. The highest BCUT2D eigenvalue weighted by Gasteiger charge is 2.40. The number of rotatable bonds is 27. The van der Waals surface area contributed by atoms with E-state index >= 15 is 0 Å². The average molecular weight is 711 g/mol. The van der Waals surface area contributed by atoms with Crippen LogP contribution in [-0.2, 0) is 27.6 Å². The number of carbonyl (C=O) groups is 1. The molecule has 48 heavy (non-hydrogen) atoms. The number of unbranched alkanes of at least 4 members (excludes halogenated alkanes) is 2. The number of nitrogens with zero attached hydrogens (tertiary/aromatic N) is 1. The van der Waals surface area contributed by atoms with Crippen molar-refractivity contribution >= 4 is 22.1 Å². The van der Waals surface area contributed by atoms with Crippen LogP contribution in [0, 0.1) is 0 Å². The fourth-order valence-electron chi connectivity index (χ4n) is 3.78. The quantitative estimate of drug-likeness (QED) is 0.0227. The van der Waals surface area contributed by atoms with Gasteiger partial charge in [-0.3, -0.25) is 13.8 Å². The van der Waals surface area contributed by atoms with Crippen molar-refractivity contribution in [2.75, 3.05) is 47.5 Å². The molecule has 0 fully saturated rings. The lowest BCUT2D eigenvalue weighted by atomic mass is 10.2. The third-order valence-corrected chi connectivity index (χ3v) is 13.3. The van der Waals surface area contributed by atoms with Gasteiger partial charge in [-0.2, -0.15) is 0 Å². The number of phosphoric ester groups is 1. The second kappa shape index (κ2) is 26.0. The molecule has 0 heterocycles. The summed E-state index contributed by atoms with van der Waals surface area (Å²) in [6, 6.07) is 0. The number of ether oxygens (including phenoxy) is 1. The van der Waals surface area contributed by atoms with E-state index in [1.54, 1.807) is 0 Å². The standard InChI is InChI=1S/C38H68NO7PSi/c1-10-11-12-13-14-15-16-17-18-19-20-21-22-23-24-25-26-27-28-29-30-31-37(40)43-34-36(46-48(8,9)38(2,3)4)35-45-47(41,42)44-33-32-39(5,6)7/h11-12,14-15,17-18,20-21,23-24,26-27,36H,10,13,16,19,22,25,28-35H2,1-9H3/p+1/b12-11-,15-14-,18-17-,21-20-,24-23-,27-26-. The van der Waals surface area contributed by atoms with Gasteiger partial charge in [0, 0.05) is 6.42 Å². The highest BCUT2D eigenvalue weighted by Crippen LogP contribution is 2.44. The van der Waals surface area contributed by atoms with Crippen molar-refractivity contribution in [2.24, 2.45) is 0 Å². The van der Waals surface area contributed by atoms with Crippen LogP contribution in [0.4, 0.5) is 0 Å². The maximum atomic E-state index is 12.5. The summed E-state index contributed by atoms with van der Waals surface area (Å²) in [7, 11) is -0.633. The van der Waals surface area contributed by atoms with Crippen LogP contribution in [0.2, 0.25) is 18.1 Å². The minimum absolute atomic E-state index is 0.0443. The van der Waals surface area contributed by atoms with Gasteiger partial charge in [-0.05, 0) is 75.9 Å². The third-order valence-electron chi connectivity index (χ3n) is 7.74. The van der Waals surface area contributed by atoms with Gasteiger partial charge in [0.05, 0.1) is 27.7 Å². The number of hydrogen-bond donors (Lipinski definition) is 1. The molecule has 276 valence electrons. The van der Waals surface area contributed by atoms with Gasteiger partial charge in [-0.25, -0.2) is 4.57 Å². The van der Waals surface area contributed by atoms with Crippen LogP contribution in [0.25, 0.3) is 0 Å². The first kappa shape index (κ1) is 46.2. The van der Waals surface area contributed by atoms with E-state index < -0.39 is 22.2 Å². The number of hydrogen-bond acceptors (Lipinski definition) is 6. The number of allylic oxidation sites excluding steroid dienone is 12. The Hall–Kier alpha value is -1.84. The molecule has 0 spiro atoms. The summed E-state index contributed by atoms with van der Waals surface area (Å²) in [6.07, 6.45) is 34.3. The summed E-state index contributed by atoms with van der Waals surface area (Å²) < 4.78 is 35.3. The summed E-state index contributed by atoms with van der Waals surface area (Å²) in [4.78, 5) is 22.6. The van der Waals surface area contributed by atoms with Gasteiger partial charge in [-0.1, -0.05) is 101 Å². The Morgan fingerprint density at radius 1 is 0.771 bits per heavy atom. The smallest absolute Gasteiger partial charge is 0.463 e. The Kier molecular flexibility index (Phi) is 25.0. The topological polar surface area (TPSA) is 91.3 Å². The summed E-state index contributed by atoms with van der Waals surface area (Å²) in [5, 5.41) is -0.0966. The van der Waals surface area contributed by atoms with E-state index in [-0.39, 0.29) is 30.8 Å². The van der Waals surface area contributed by atoms with Gasteiger partial charge in [0.25, 0.3) is 0 Å². The van der Waals surface area contributed by atoms with E-state index in [0.29, 0.717) is 17.4 Å². The molecule has 2 unspecified atom stereocenters. The maximum absolute atomic E-state index is 12.5. The average Bonchev–Trinajstić information content (AvgIpc) is 2.98. The third kappa shape index (κ3) is 28.0. The Morgan fingerprint density at radius 2 is 1.25 bits per heavy atom. The Bertz CT molecular complexity index is 1080. The van der Waals surface area contributed by atoms with Gasteiger partial charge in [0.2, 0.25) is 0 Å². The van der Waals surface area contributed by atoms with Crippen molar-refractivity contribution in [3.8, 4) is 0 Å². The zero-order valence-corrected chi connectivity index (χ0v) is 33.6. The second-order valence-electron chi connectivity index (χ2n) is 14.5. The van der Waals surface area contributed by atoms with Gasteiger partial charge >= 0.3 is 13.8 Å². The van der Waals surface area contributed by atoms with Crippen LogP contribution >= 0.6 is 7.82 Å². The molecule has 0 aromatic rings. The maximum Gasteiger partial charge on any atom is 0.472 e. The predicted octanol–water partition coefficient (Wildman–Crippen LogP) is 10.0. The van der Waals surface area contributed by atoms with Crippen LogP contribution in [0.1, 0.15) is 91.9 Å². The molecule has 0 aliphatic rings. The summed E-state index contributed by atoms with van der Waals surface area (Å²) in [5.41, 5.74) is 0. The van der Waals surface area contributed by atoms with Crippen molar-refractivity contribution in [1.29, 1.82) is 0 Å². The van der Waals surface area contributed by atoms with Gasteiger partial charge in [0.1, 0.15) is 25.9 Å². The van der Waals surface area contributed by atoms with E-state index in [0.717, 1.165) is 57.8 Å². The first-order valence-corrected chi connectivity index (χ1v) is 22.0. The summed E-state index contributed by atoms with van der Waals surface area (Å²) >= 11 is 0. The molecule has 8 nitrogen and oxygen atoms in total. The molecule has 2 atom stereocenters. The molecule has 0 aromatic heterocycles. The lowest BCUT2D eigenvalue weighted by molar-refractivity contribution is -0.870. The normalized spacial score (nSPS) is 15.6. The lowest BCUT2D eigenvalue weighted by Gasteiger charge is -2.39. The lowest BCUT2D eigenvalue weighted by Crippen LogP contribution is -2.46. The minimum atomic E-state index is -4.27. The fourth-order valence-corrected chi connectivity index (χ4v) is 5.85. The molecule has 0 aliphatic carbocycles. The predicted molar refractivity (Wildman–Crippen MR) is 204 cm³/mol. The molecule has 0 radical (unpaired) electrons. The van der Waals surface area contributed by atoms with Crippen molar-refractivity contribution in [2.45, 2.75) is 116 Å². The molecule has 10 heteroatoms. The Labute approximate surface area is 295 Å². The molecule has 0 aliphatic heterocycles. The van der Waals surface area contributed by atoms with Gasteiger partial charge < -0.3 is 18.5 Å². The number of esters is 1. The SMILES string of the molecule is CC/C=C\C/C=C\C/C=C\C/C=C\C/C=C\C/C=C\CCCCC(=O)OCC(COP(=O)(O)OCC[N+](C)(C)C)O[Si](C)(C)C(C)(C)C. The fraction of sp³-hybridized carbons (Fsp3) is 0.658. The first-order valence-electron chi connectivity index (χ1n) is 17.6. The van der Waals surface area contributed by atoms with Crippen molar-refractivity contribution in [3.63, 3.8) is 0 Å². The van der Waals surface area contributed by atoms with E-state index in [9.17, 15) is 14.3 Å². The van der Waals surface area contributed by atoms with Crippen molar-refractivity contribution in [3.05, 3.63) is 72.9 Å². The van der Waals surface area contributed by atoms with Gasteiger partial charge in [-0.15, -0.1) is 0 Å². The minimum Gasteiger partial charge on any atom is -0.463 e. The molecule has 0 amide bonds. The molecule has 0 saturated heterocycles. The largest absolute Gasteiger partial charge is 0.472 e. The molecular formula is C38H69NO7PSi+.